The van der Waals surface area contributed by atoms with Gasteiger partial charge < -0.3 is 5.32 Å². The van der Waals surface area contributed by atoms with Crippen molar-refractivity contribution in [2.45, 2.75) is 26.8 Å². The lowest BCUT2D eigenvalue weighted by Crippen LogP contribution is -2.18. The van der Waals surface area contributed by atoms with E-state index in [0.29, 0.717) is 0 Å². The molecule has 0 aliphatic carbocycles. The Labute approximate surface area is 109 Å². The van der Waals surface area contributed by atoms with Crippen LogP contribution in [0.5, 0.6) is 0 Å². The summed E-state index contributed by atoms with van der Waals surface area (Å²) < 4.78 is 0. The highest BCUT2D eigenvalue weighted by Crippen LogP contribution is 2.23. The minimum atomic E-state index is 0.227. The van der Waals surface area contributed by atoms with Gasteiger partial charge >= 0.3 is 0 Å². The molecule has 0 amide bonds. The molecule has 0 aliphatic heterocycles. The number of aryl methyl sites for hydroxylation is 3. The average Bonchev–Trinajstić information content (AvgIpc) is 2.28. The Bertz CT molecular complexity index is 526. The van der Waals surface area contributed by atoms with E-state index in [1.807, 2.05) is 20.9 Å². The number of nitrogens with one attached hydrogen (secondary N) is 1. The number of pyridine rings is 1. The van der Waals surface area contributed by atoms with Gasteiger partial charge in [-0.15, -0.1) is 0 Å². The molecule has 2 nitrogen and oxygen atoms in total. The Morgan fingerprint density at radius 1 is 0.944 bits per heavy atom. The van der Waals surface area contributed by atoms with Gasteiger partial charge in [-0.25, -0.2) is 0 Å². The monoisotopic (exact) mass is 240 g/mol. The Hall–Kier alpha value is -1.67. The molecule has 0 saturated carbocycles. The summed E-state index contributed by atoms with van der Waals surface area (Å²) in [6.07, 6.45) is 0. The molecule has 0 aliphatic rings. The molecule has 1 aromatic carbocycles. The molecule has 0 spiro atoms. The van der Waals surface area contributed by atoms with E-state index in [0.717, 1.165) is 11.4 Å². The van der Waals surface area contributed by atoms with Gasteiger partial charge in [-0.05, 0) is 51.1 Å². The third kappa shape index (κ3) is 2.77. The first-order chi connectivity index (χ1) is 8.60. The molecule has 0 bridgehead atoms. The van der Waals surface area contributed by atoms with Crippen LogP contribution >= 0.6 is 0 Å². The predicted octanol–water partition coefficient (Wildman–Crippen LogP) is 3.32. The van der Waals surface area contributed by atoms with E-state index in [1.54, 1.807) is 0 Å². The van der Waals surface area contributed by atoms with Crippen molar-refractivity contribution in [1.82, 2.24) is 10.3 Å². The number of hydrogen-bond acceptors (Lipinski definition) is 2. The van der Waals surface area contributed by atoms with E-state index < -0.39 is 0 Å². The Balaban J connectivity index is 2.45. The minimum Gasteiger partial charge on any atom is -0.309 e. The molecular weight excluding hydrogens is 220 g/mol. The molecular formula is C16H20N2. The maximum Gasteiger partial charge on any atom is 0.0575 e. The van der Waals surface area contributed by atoms with Crippen LogP contribution in [0.15, 0.2) is 36.4 Å². The lowest BCUT2D eigenvalue weighted by molar-refractivity contribution is 0.688. The fraction of sp³-hybridized carbons (Fsp3) is 0.312. The summed E-state index contributed by atoms with van der Waals surface area (Å²) in [5, 5.41) is 3.39. The van der Waals surface area contributed by atoms with Crippen LogP contribution in [0.25, 0.3) is 0 Å². The summed E-state index contributed by atoms with van der Waals surface area (Å²) in [4.78, 5) is 4.43. The molecule has 1 N–H and O–H groups in total. The second-order valence-electron chi connectivity index (χ2n) is 4.82. The molecule has 1 aromatic heterocycles. The summed E-state index contributed by atoms with van der Waals surface area (Å²) >= 11 is 0. The minimum absolute atomic E-state index is 0.227. The van der Waals surface area contributed by atoms with Gasteiger partial charge in [0.25, 0.3) is 0 Å². The maximum absolute atomic E-state index is 4.43. The van der Waals surface area contributed by atoms with Crippen molar-refractivity contribution in [2.24, 2.45) is 0 Å². The summed E-state index contributed by atoms with van der Waals surface area (Å²) in [7, 11) is 2.00. The highest BCUT2D eigenvalue weighted by Gasteiger charge is 2.12. The fourth-order valence-corrected chi connectivity index (χ4v) is 2.41. The van der Waals surface area contributed by atoms with Crippen LogP contribution < -0.4 is 5.32 Å². The molecule has 0 saturated heterocycles. The van der Waals surface area contributed by atoms with E-state index in [4.69, 9.17) is 0 Å². The average molecular weight is 240 g/mol. The third-order valence-corrected chi connectivity index (χ3v) is 3.10. The lowest BCUT2D eigenvalue weighted by atomic mass is 9.97. The smallest absolute Gasteiger partial charge is 0.0575 e. The number of rotatable bonds is 3. The van der Waals surface area contributed by atoms with Crippen LogP contribution in [0, 0.1) is 20.8 Å². The molecule has 18 heavy (non-hydrogen) atoms. The normalized spacial score (nSPS) is 12.4. The van der Waals surface area contributed by atoms with Gasteiger partial charge in [-0.3, -0.25) is 4.98 Å². The SMILES string of the molecule is CNC(c1cccc(C)c1)c1cc(C)nc(C)c1. The van der Waals surface area contributed by atoms with E-state index in [9.17, 15) is 0 Å². The summed E-state index contributed by atoms with van der Waals surface area (Å²) in [6, 6.07) is 13.2. The van der Waals surface area contributed by atoms with Crippen LogP contribution in [0.1, 0.15) is 34.1 Å². The standard InChI is InChI=1S/C16H20N2/c1-11-6-5-7-14(8-11)16(17-4)15-9-12(2)18-13(3)10-15/h5-10,16-17H,1-4H3. The van der Waals surface area contributed by atoms with Gasteiger partial charge in [0.2, 0.25) is 0 Å². The molecule has 2 aromatic rings. The van der Waals surface area contributed by atoms with Crippen molar-refractivity contribution >= 4 is 0 Å². The Morgan fingerprint density at radius 3 is 2.17 bits per heavy atom. The van der Waals surface area contributed by atoms with E-state index in [-0.39, 0.29) is 6.04 Å². The predicted molar refractivity (Wildman–Crippen MR) is 75.8 cm³/mol. The van der Waals surface area contributed by atoms with E-state index in [2.05, 4.69) is 53.6 Å². The summed E-state index contributed by atoms with van der Waals surface area (Å²) in [5.41, 5.74) is 5.99. The second kappa shape index (κ2) is 5.32. The van der Waals surface area contributed by atoms with Gasteiger partial charge in [0, 0.05) is 11.4 Å². The number of benzene rings is 1. The topological polar surface area (TPSA) is 24.9 Å². The van der Waals surface area contributed by atoms with Crippen molar-refractivity contribution in [2.75, 3.05) is 7.05 Å². The summed E-state index contributed by atoms with van der Waals surface area (Å²) in [5.74, 6) is 0. The number of nitrogens with zero attached hydrogens (tertiary/aromatic N) is 1. The highest BCUT2D eigenvalue weighted by molar-refractivity contribution is 5.35. The van der Waals surface area contributed by atoms with Crippen molar-refractivity contribution in [1.29, 1.82) is 0 Å². The molecule has 94 valence electrons. The number of hydrogen-bond donors (Lipinski definition) is 1. The Kier molecular flexibility index (Phi) is 3.78. The first-order valence-electron chi connectivity index (χ1n) is 6.29. The summed E-state index contributed by atoms with van der Waals surface area (Å²) in [6.45, 7) is 6.21. The van der Waals surface area contributed by atoms with E-state index >= 15 is 0 Å². The lowest BCUT2D eigenvalue weighted by Gasteiger charge is -2.18. The molecule has 1 heterocycles. The van der Waals surface area contributed by atoms with Gasteiger partial charge in [0.1, 0.15) is 0 Å². The number of aromatic nitrogens is 1. The Morgan fingerprint density at radius 2 is 1.61 bits per heavy atom. The van der Waals surface area contributed by atoms with E-state index in [1.165, 1.54) is 16.7 Å². The third-order valence-electron chi connectivity index (χ3n) is 3.10. The van der Waals surface area contributed by atoms with Crippen molar-refractivity contribution in [3.8, 4) is 0 Å². The molecule has 0 radical (unpaired) electrons. The quantitative estimate of drug-likeness (QED) is 0.890. The molecule has 2 rings (SSSR count). The molecule has 0 fully saturated rings. The zero-order valence-electron chi connectivity index (χ0n) is 11.5. The largest absolute Gasteiger partial charge is 0.309 e. The van der Waals surface area contributed by atoms with Crippen LogP contribution in [0.3, 0.4) is 0 Å². The molecule has 1 atom stereocenters. The van der Waals surface area contributed by atoms with Crippen molar-refractivity contribution < 1.29 is 0 Å². The van der Waals surface area contributed by atoms with Crippen LogP contribution in [-0.2, 0) is 0 Å². The molecule has 1 unspecified atom stereocenters. The fourth-order valence-electron chi connectivity index (χ4n) is 2.41. The van der Waals surface area contributed by atoms with Gasteiger partial charge in [0.15, 0.2) is 0 Å². The van der Waals surface area contributed by atoms with Crippen LogP contribution in [0.4, 0.5) is 0 Å². The highest BCUT2D eigenvalue weighted by atomic mass is 14.9. The van der Waals surface area contributed by atoms with Crippen molar-refractivity contribution in [3.05, 3.63) is 64.5 Å². The maximum atomic E-state index is 4.43. The molecule has 2 heteroatoms. The zero-order chi connectivity index (χ0) is 13.1. The second-order valence-corrected chi connectivity index (χ2v) is 4.82. The van der Waals surface area contributed by atoms with Crippen LogP contribution in [0.2, 0.25) is 0 Å². The first kappa shape index (κ1) is 12.8. The van der Waals surface area contributed by atoms with Crippen LogP contribution in [-0.4, -0.2) is 12.0 Å². The zero-order valence-corrected chi connectivity index (χ0v) is 11.5. The van der Waals surface area contributed by atoms with Gasteiger partial charge in [-0.1, -0.05) is 29.8 Å². The van der Waals surface area contributed by atoms with Gasteiger partial charge in [0.05, 0.1) is 6.04 Å². The first-order valence-corrected chi connectivity index (χ1v) is 6.29. The van der Waals surface area contributed by atoms with Crippen molar-refractivity contribution in [3.63, 3.8) is 0 Å². The van der Waals surface area contributed by atoms with Gasteiger partial charge in [-0.2, -0.15) is 0 Å².